The number of para-hydroxylation sites is 2. The highest BCUT2D eigenvalue weighted by Crippen LogP contribution is 2.51. The first-order chi connectivity index (χ1) is 14.0. The lowest BCUT2D eigenvalue weighted by atomic mass is 9.89. The molecule has 0 saturated carbocycles. The second-order valence-corrected chi connectivity index (χ2v) is 8.23. The molecule has 0 aromatic heterocycles. The Balaban J connectivity index is 1.64. The molecule has 2 amide bonds. The van der Waals surface area contributed by atoms with E-state index < -0.39 is 12.0 Å². The van der Waals surface area contributed by atoms with Gasteiger partial charge in [0.1, 0.15) is 11.8 Å². The van der Waals surface area contributed by atoms with E-state index in [0.29, 0.717) is 5.75 Å². The first kappa shape index (κ1) is 18.9. The third-order valence-electron chi connectivity index (χ3n) is 6.02. The molecule has 2 aromatic rings. The Kier molecular flexibility index (Phi) is 4.55. The number of hydrogen-bond acceptors (Lipinski definition) is 5. The Bertz CT molecular complexity index is 994. The van der Waals surface area contributed by atoms with Crippen molar-refractivity contribution in [2.45, 2.75) is 18.5 Å². The number of carbonyl (C=O) groups excluding carboxylic acids is 2. The monoisotopic (exact) mass is 431 g/mol. The maximum absolute atomic E-state index is 13.6. The maximum atomic E-state index is 13.6. The van der Waals surface area contributed by atoms with Crippen molar-refractivity contribution in [2.75, 3.05) is 25.1 Å². The molecule has 0 aliphatic carbocycles. The second kappa shape index (κ2) is 6.99. The van der Waals surface area contributed by atoms with Crippen molar-refractivity contribution in [3.63, 3.8) is 0 Å². The fourth-order valence-electron chi connectivity index (χ4n) is 4.92. The molecule has 0 radical (unpaired) electrons. The van der Waals surface area contributed by atoms with Crippen molar-refractivity contribution >= 4 is 40.7 Å². The number of halogens is 2. The van der Waals surface area contributed by atoms with Crippen LogP contribution in [0.2, 0.25) is 10.0 Å². The predicted octanol–water partition coefficient (Wildman–Crippen LogP) is 3.54. The largest absolute Gasteiger partial charge is 0.496 e. The summed E-state index contributed by atoms with van der Waals surface area (Å²) < 4.78 is 5.57. The van der Waals surface area contributed by atoms with Crippen molar-refractivity contribution in [3.8, 4) is 5.75 Å². The zero-order valence-corrected chi connectivity index (χ0v) is 17.2. The van der Waals surface area contributed by atoms with E-state index in [1.54, 1.807) is 25.3 Å². The van der Waals surface area contributed by atoms with E-state index in [1.165, 1.54) is 4.90 Å². The Morgan fingerprint density at radius 1 is 0.897 bits per heavy atom. The number of hydrazine groups is 1. The van der Waals surface area contributed by atoms with E-state index in [1.807, 2.05) is 29.3 Å². The molecule has 150 valence electrons. The van der Waals surface area contributed by atoms with Crippen LogP contribution in [-0.2, 0) is 9.59 Å². The molecule has 29 heavy (non-hydrogen) atoms. The summed E-state index contributed by atoms with van der Waals surface area (Å²) in [5.74, 6) is -0.398. The molecule has 3 fully saturated rings. The number of fused-ring (bicyclic) bond motifs is 3. The first-order valence-electron chi connectivity index (χ1n) is 9.52. The van der Waals surface area contributed by atoms with Gasteiger partial charge in [-0.15, -0.1) is 0 Å². The van der Waals surface area contributed by atoms with Crippen LogP contribution < -0.4 is 9.64 Å². The van der Waals surface area contributed by atoms with E-state index in [9.17, 15) is 9.59 Å². The lowest BCUT2D eigenvalue weighted by molar-refractivity contribution is -0.126. The first-order valence-corrected chi connectivity index (χ1v) is 10.3. The summed E-state index contributed by atoms with van der Waals surface area (Å²) in [5.41, 5.74) is 1.17. The summed E-state index contributed by atoms with van der Waals surface area (Å²) >= 11 is 12.7. The highest BCUT2D eigenvalue weighted by atomic mass is 35.5. The zero-order valence-electron chi connectivity index (χ0n) is 15.7. The van der Waals surface area contributed by atoms with Crippen LogP contribution in [0.3, 0.4) is 0 Å². The second-order valence-electron chi connectivity index (χ2n) is 7.42. The van der Waals surface area contributed by atoms with Gasteiger partial charge in [0.15, 0.2) is 0 Å². The molecular formula is C21H19Cl2N3O3. The van der Waals surface area contributed by atoms with Crippen molar-refractivity contribution in [1.29, 1.82) is 0 Å². The quantitative estimate of drug-likeness (QED) is 0.695. The summed E-state index contributed by atoms with van der Waals surface area (Å²) in [7, 11) is 1.62. The SMILES string of the molecule is COc1ccccc1[C@@H]1[C@H]2C(=O)N(c3c(Cl)cccc3Cl)C(=O)[C@@H]2N2CCCN12. The van der Waals surface area contributed by atoms with Crippen LogP contribution in [-0.4, -0.2) is 48.1 Å². The van der Waals surface area contributed by atoms with Crippen LogP contribution in [0.25, 0.3) is 0 Å². The minimum Gasteiger partial charge on any atom is -0.496 e. The van der Waals surface area contributed by atoms with Gasteiger partial charge in [0.05, 0.1) is 34.8 Å². The average molecular weight is 432 g/mol. The summed E-state index contributed by atoms with van der Waals surface area (Å²) in [4.78, 5) is 28.3. The lowest BCUT2D eigenvalue weighted by Gasteiger charge is -2.30. The molecule has 3 aliphatic rings. The molecule has 5 rings (SSSR count). The van der Waals surface area contributed by atoms with Crippen LogP contribution in [0.1, 0.15) is 18.0 Å². The molecule has 3 saturated heterocycles. The molecule has 0 bridgehead atoms. The molecule has 8 heteroatoms. The third-order valence-corrected chi connectivity index (χ3v) is 6.63. The van der Waals surface area contributed by atoms with Crippen LogP contribution in [0.5, 0.6) is 5.75 Å². The minimum absolute atomic E-state index is 0.268. The molecule has 0 unspecified atom stereocenters. The van der Waals surface area contributed by atoms with E-state index >= 15 is 0 Å². The number of rotatable bonds is 3. The Labute approximate surface area is 178 Å². The summed E-state index contributed by atoms with van der Waals surface area (Å²) in [6.07, 6.45) is 0.934. The fourth-order valence-corrected chi connectivity index (χ4v) is 5.49. The zero-order chi connectivity index (χ0) is 20.3. The molecule has 3 atom stereocenters. The number of hydrogen-bond donors (Lipinski definition) is 0. The number of ether oxygens (including phenoxy) is 1. The highest BCUT2D eigenvalue weighted by Gasteiger charge is 2.63. The van der Waals surface area contributed by atoms with Gasteiger partial charge in [-0.25, -0.2) is 14.9 Å². The topological polar surface area (TPSA) is 53.1 Å². The van der Waals surface area contributed by atoms with Crippen molar-refractivity contribution in [2.24, 2.45) is 5.92 Å². The van der Waals surface area contributed by atoms with Gasteiger partial charge in [-0.2, -0.15) is 0 Å². The van der Waals surface area contributed by atoms with Gasteiger partial charge in [0.25, 0.3) is 5.91 Å². The summed E-state index contributed by atoms with van der Waals surface area (Å²) in [5, 5.41) is 4.75. The average Bonchev–Trinajstić information content (AvgIpc) is 3.36. The highest BCUT2D eigenvalue weighted by molar-refractivity contribution is 6.42. The molecule has 3 aliphatic heterocycles. The molecule has 2 aromatic carbocycles. The van der Waals surface area contributed by atoms with Gasteiger partial charge in [0.2, 0.25) is 5.91 Å². The van der Waals surface area contributed by atoms with E-state index in [-0.39, 0.29) is 33.6 Å². The van der Waals surface area contributed by atoms with Gasteiger partial charge in [-0.3, -0.25) is 9.59 Å². The third kappa shape index (κ3) is 2.63. The van der Waals surface area contributed by atoms with Gasteiger partial charge in [-0.05, 0) is 24.6 Å². The van der Waals surface area contributed by atoms with Crippen molar-refractivity contribution in [1.82, 2.24) is 10.0 Å². The normalized spacial score (nSPS) is 26.9. The van der Waals surface area contributed by atoms with Crippen LogP contribution in [0, 0.1) is 5.92 Å². The molecule has 0 N–H and O–H groups in total. The van der Waals surface area contributed by atoms with Gasteiger partial charge in [-0.1, -0.05) is 47.5 Å². The maximum Gasteiger partial charge on any atom is 0.253 e. The van der Waals surface area contributed by atoms with Crippen LogP contribution in [0.4, 0.5) is 5.69 Å². The number of amides is 2. The standard InChI is InChI=1S/C21H19Cl2N3O3/c1-29-15-9-3-2-6-12(15)17-16-19(25-11-5-10-24(17)25)21(28)26(20(16)27)18-13(22)7-4-8-14(18)23/h2-4,6-9,16-17,19H,5,10-11H2,1H3/t16-,17-,19-/m1/s1. The number of benzene rings is 2. The lowest BCUT2D eigenvalue weighted by Crippen LogP contribution is -2.44. The predicted molar refractivity (Wildman–Crippen MR) is 110 cm³/mol. The van der Waals surface area contributed by atoms with Crippen molar-refractivity contribution in [3.05, 3.63) is 58.1 Å². The summed E-state index contributed by atoms with van der Waals surface area (Å²) in [6.45, 7) is 1.53. The molecule has 6 nitrogen and oxygen atoms in total. The Hall–Kier alpha value is -2.12. The Morgan fingerprint density at radius 2 is 1.55 bits per heavy atom. The molecule has 3 heterocycles. The minimum atomic E-state index is -0.563. The molecular weight excluding hydrogens is 413 g/mol. The number of imide groups is 1. The molecule has 0 spiro atoms. The van der Waals surface area contributed by atoms with Gasteiger partial charge >= 0.3 is 0 Å². The van der Waals surface area contributed by atoms with E-state index in [2.05, 4.69) is 5.01 Å². The number of methoxy groups -OCH3 is 1. The van der Waals surface area contributed by atoms with Gasteiger partial charge in [0, 0.05) is 18.7 Å². The smallest absolute Gasteiger partial charge is 0.253 e. The summed E-state index contributed by atoms with van der Waals surface area (Å²) in [6, 6.07) is 11.8. The van der Waals surface area contributed by atoms with Crippen LogP contribution in [0.15, 0.2) is 42.5 Å². The van der Waals surface area contributed by atoms with Gasteiger partial charge < -0.3 is 4.74 Å². The van der Waals surface area contributed by atoms with E-state index in [4.69, 9.17) is 27.9 Å². The van der Waals surface area contributed by atoms with E-state index in [0.717, 1.165) is 25.1 Å². The number of nitrogens with zero attached hydrogens (tertiary/aromatic N) is 3. The number of carbonyl (C=O) groups is 2. The van der Waals surface area contributed by atoms with Crippen molar-refractivity contribution < 1.29 is 14.3 Å². The Morgan fingerprint density at radius 3 is 2.24 bits per heavy atom. The fraction of sp³-hybridized carbons (Fsp3) is 0.333. The number of anilines is 1. The van der Waals surface area contributed by atoms with Crippen LogP contribution >= 0.6 is 23.2 Å².